The number of nitrogens with zero attached hydrogens (tertiary/aromatic N) is 4. The van der Waals surface area contributed by atoms with Crippen LogP contribution in [0.5, 0.6) is 0 Å². The molecule has 0 heterocycles. The van der Waals surface area contributed by atoms with Crippen molar-refractivity contribution in [2.45, 2.75) is 82.5 Å². The molecule has 0 aliphatic carbocycles. The second-order valence-corrected chi connectivity index (χ2v) is 13.0. The molecule has 3 atom stereocenters. The van der Waals surface area contributed by atoms with Gasteiger partial charge in [0.2, 0.25) is 11.4 Å². The summed E-state index contributed by atoms with van der Waals surface area (Å²) in [6.45, 7) is 4.61. The van der Waals surface area contributed by atoms with E-state index in [-0.39, 0.29) is 42.9 Å². The van der Waals surface area contributed by atoms with Gasteiger partial charge in [0.1, 0.15) is 24.3 Å². The molecular weight excluding hydrogens is 681 g/mol. The Hall–Kier alpha value is -5.56. The second kappa shape index (κ2) is 18.6. The van der Waals surface area contributed by atoms with Crippen LogP contribution in [-0.4, -0.2) is 71.8 Å². The number of benzene rings is 3. The summed E-state index contributed by atoms with van der Waals surface area (Å²) in [7, 11) is 0.816. The number of hydrogen-bond donors (Lipinski definition) is 2. The van der Waals surface area contributed by atoms with Crippen molar-refractivity contribution in [1.29, 1.82) is 0 Å². The minimum absolute atomic E-state index is 0.00231. The van der Waals surface area contributed by atoms with E-state index >= 15 is 13.2 Å². The van der Waals surface area contributed by atoms with Crippen molar-refractivity contribution in [3.05, 3.63) is 118 Å². The average molecular weight is 725 g/mol. The van der Waals surface area contributed by atoms with Crippen LogP contribution in [0.3, 0.4) is 0 Å². The number of alkyl carbamates (subject to hydrolysis) is 1. The number of hydrogen-bond acceptors (Lipinski definition) is 7. The number of alkyl halides is 3. The third kappa shape index (κ3) is 11.8. The Morgan fingerprint density at radius 3 is 1.92 bits per heavy atom. The highest BCUT2D eigenvalue weighted by atomic mass is 19.4. The molecule has 1 unspecified atom stereocenters. The van der Waals surface area contributed by atoms with Crippen LogP contribution in [-0.2, 0) is 43.3 Å². The predicted molar refractivity (Wildman–Crippen MR) is 186 cm³/mol. The van der Waals surface area contributed by atoms with Crippen molar-refractivity contribution in [1.82, 2.24) is 15.5 Å². The van der Waals surface area contributed by atoms with Crippen LogP contribution in [0.4, 0.5) is 18.0 Å². The third-order valence-corrected chi connectivity index (χ3v) is 7.95. The molecule has 12 nitrogen and oxygen atoms in total. The van der Waals surface area contributed by atoms with Crippen LogP contribution in [0.1, 0.15) is 50.3 Å². The highest BCUT2D eigenvalue weighted by Crippen LogP contribution is 2.39. The average Bonchev–Trinajstić information content (AvgIpc) is 3.10. The van der Waals surface area contributed by atoms with E-state index in [0.29, 0.717) is 5.56 Å². The van der Waals surface area contributed by atoms with Crippen molar-refractivity contribution in [2.24, 2.45) is 5.11 Å². The zero-order chi connectivity index (χ0) is 38.4. The molecule has 0 spiro atoms. The SMILES string of the molecule is CN(C(=O)[C@H](Cc1ccccc1)N=[N+]=[N-])C(Cc1ccccc1)(C(=O)N[C@H](CCCNC(=O)OCc1ccccc1)C(=O)OC(C)(C)C)C(F)(F)F. The molecule has 0 radical (unpaired) electrons. The molecule has 0 aliphatic heterocycles. The first-order valence-corrected chi connectivity index (χ1v) is 16.5. The van der Waals surface area contributed by atoms with E-state index < -0.39 is 59.7 Å². The summed E-state index contributed by atoms with van der Waals surface area (Å²) in [4.78, 5) is 56.6. The molecule has 3 rings (SSSR count). The number of amides is 3. The molecule has 15 heteroatoms. The van der Waals surface area contributed by atoms with Crippen molar-refractivity contribution >= 4 is 23.9 Å². The van der Waals surface area contributed by atoms with E-state index in [4.69, 9.17) is 9.47 Å². The first-order chi connectivity index (χ1) is 24.6. The second-order valence-electron chi connectivity index (χ2n) is 13.0. The largest absolute Gasteiger partial charge is 0.458 e. The number of nitrogens with one attached hydrogen (secondary N) is 2. The first kappa shape index (κ1) is 40.9. The number of rotatable bonds is 16. The maximum absolute atomic E-state index is 15.6. The number of azide groups is 1. The van der Waals surface area contributed by atoms with Gasteiger partial charge in [0.15, 0.2) is 0 Å². The van der Waals surface area contributed by atoms with Crippen LogP contribution in [0, 0.1) is 0 Å². The van der Waals surface area contributed by atoms with Gasteiger partial charge in [-0.3, -0.25) is 9.59 Å². The van der Waals surface area contributed by atoms with Gasteiger partial charge in [0.05, 0.1) is 0 Å². The van der Waals surface area contributed by atoms with Gasteiger partial charge in [-0.05, 0) is 62.3 Å². The fraction of sp³-hybridized carbons (Fsp3) is 0.405. The van der Waals surface area contributed by atoms with E-state index in [1.165, 1.54) is 24.3 Å². The summed E-state index contributed by atoms with van der Waals surface area (Å²) < 4.78 is 57.3. The minimum atomic E-state index is -5.41. The number of carbonyl (C=O) groups is 4. The predicted octanol–water partition coefficient (Wildman–Crippen LogP) is 6.44. The van der Waals surface area contributed by atoms with Crippen molar-refractivity contribution in [3.63, 3.8) is 0 Å². The Morgan fingerprint density at radius 2 is 1.40 bits per heavy atom. The fourth-order valence-electron chi connectivity index (χ4n) is 5.32. The van der Waals surface area contributed by atoms with E-state index in [0.717, 1.165) is 12.6 Å². The molecule has 0 saturated heterocycles. The van der Waals surface area contributed by atoms with Crippen LogP contribution >= 0.6 is 0 Å². The topological polar surface area (TPSA) is 163 Å². The van der Waals surface area contributed by atoms with Crippen LogP contribution in [0.2, 0.25) is 0 Å². The number of ether oxygens (including phenoxy) is 2. The molecule has 3 amide bonds. The quantitative estimate of drug-likeness (QED) is 0.0568. The van der Waals surface area contributed by atoms with Gasteiger partial charge in [-0.2, -0.15) is 13.2 Å². The Morgan fingerprint density at radius 1 is 0.865 bits per heavy atom. The first-order valence-electron chi connectivity index (χ1n) is 16.5. The normalized spacial score (nSPS) is 13.7. The number of esters is 1. The highest BCUT2D eigenvalue weighted by molar-refractivity contribution is 5.96. The Bertz CT molecular complexity index is 1680. The lowest BCUT2D eigenvalue weighted by Crippen LogP contribution is -2.70. The molecule has 3 aromatic carbocycles. The van der Waals surface area contributed by atoms with Gasteiger partial charge in [0.25, 0.3) is 5.91 Å². The van der Waals surface area contributed by atoms with Crippen molar-refractivity contribution in [2.75, 3.05) is 13.6 Å². The van der Waals surface area contributed by atoms with Gasteiger partial charge in [-0.15, -0.1) is 0 Å². The standard InChI is InChI=1S/C37H43F3N6O6/c1-35(2,3)52-32(48)29(21-14-22-42-34(50)51-25-28-19-12-7-13-20-28)43-33(49)36(37(38,39)40,24-27-17-10-6-11-18-27)46(4)31(47)30(44-45-41)23-26-15-8-5-9-16-26/h5-13,15-20,29-30H,14,21-25H2,1-4H3,(H,42,50)(H,43,49)/t29-,30+,36?/m1/s1. The number of halogens is 3. The molecule has 2 N–H and O–H groups in total. The van der Waals surface area contributed by atoms with Crippen molar-refractivity contribution in [3.8, 4) is 0 Å². The van der Waals surface area contributed by atoms with Crippen molar-refractivity contribution < 1.29 is 41.8 Å². The van der Waals surface area contributed by atoms with Gasteiger partial charge >= 0.3 is 18.2 Å². The van der Waals surface area contributed by atoms with E-state index in [2.05, 4.69) is 20.7 Å². The highest BCUT2D eigenvalue weighted by Gasteiger charge is 2.65. The van der Waals surface area contributed by atoms with Gasteiger partial charge < -0.3 is 25.0 Å². The molecule has 52 heavy (non-hydrogen) atoms. The molecule has 0 bridgehead atoms. The molecule has 0 fully saturated rings. The lowest BCUT2D eigenvalue weighted by Gasteiger charge is -2.43. The van der Waals surface area contributed by atoms with Gasteiger partial charge in [-0.25, -0.2) is 9.59 Å². The summed E-state index contributed by atoms with van der Waals surface area (Å²) in [5.41, 5.74) is 5.92. The summed E-state index contributed by atoms with van der Waals surface area (Å²) in [5, 5.41) is 8.24. The number of carbonyl (C=O) groups excluding carboxylic acids is 4. The van der Waals surface area contributed by atoms with Gasteiger partial charge in [-0.1, -0.05) is 96.1 Å². The molecule has 0 saturated carbocycles. The summed E-state index contributed by atoms with van der Waals surface area (Å²) in [6, 6.07) is 21.2. The van der Waals surface area contributed by atoms with Crippen LogP contribution in [0.25, 0.3) is 10.4 Å². The summed E-state index contributed by atoms with van der Waals surface area (Å²) in [6.07, 6.45) is -7.66. The smallest absolute Gasteiger partial charge is 0.421 e. The van der Waals surface area contributed by atoms with Crippen LogP contribution < -0.4 is 10.6 Å². The summed E-state index contributed by atoms with van der Waals surface area (Å²) >= 11 is 0. The maximum atomic E-state index is 15.6. The molecule has 0 aromatic heterocycles. The Balaban J connectivity index is 1.93. The fourth-order valence-corrected chi connectivity index (χ4v) is 5.32. The third-order valence-electron chi connectivity index (χ3n) is 7.95. The van der Waals surface area contributed by atoms with E-state index in [1.54, 1.807) is 81.4 Å². The lowest BCUT2D eigenvalue weighted by molar-refractivity contribution is -0.227. The zero-order valence-corrected chi connectivity index (χ0v) is 29.4. The summed E-state index contributed by atoms with van der Waals surface area (Å²) in [5.74, 6) is -3.99. The number of likely N-dealkylation sites (N-methyl/N-ethyl adjacent to an activating group) is 1. The van der Waals surface area contributed by atoms with E-state index in [9.17, 15) is 24.7 Å². The van der Waals surface area contributed by atoms with E-state index in [1.807, 2.05) is 6.07 Å². The van der Waals surface area contributed by atoms with Crippen LogP contribution in [0.15, 0.2) is 96.1 Å². The zero-order valence-electron chi connectivity index (χ0n) is 29.4. The lowest BCUT2D eigenvalue weighted by atomic mass is 9.85. The maximum Gasteiger partial charge on any atom is 0.421 e. The molecular formula is C37H43F3N6O6. The Labute approximate surface area is 300 Å². The van der Waals surface area contributed by atoms with Gasteiger partial charge in [0, 0.05) is 24.9 Å². The molecule has 0 aliphatic rings. The monoisotopic (exact) mass is 724 g/mol. The molecule has 3 aromatic rings. The molecule has 278 valence electrons. The Kier molecular flexibility index (Phi) is 14.6. The minimum Gasteiger partial charge on any atom is -0.458 e.